The number of hydrogen-bond donors (Lipinski definition) is 2. The van der Waals surface area contributed by atoms with Crippen molar-refractivity contribution in [2.24, 2.45) is 5.92 Å². The van der Waals surface area contributed by atoms with E-state index < -0.39 is 0 Å². The van der Waals surface area contributed by atoms with Crippen LogP contribution in [0.2, 0.25) is 0 Å². The van der Waals surface area contributed by atoms with E-state index in [1.807, 2.05) is 11.0 Å². The lowest BCUT2D eigenvalue weighted by Crippen LogP contribution is -2.54. The van der Waals surface area contributed by atoms with Gasteiger partial charge in [0.05, 0.1) is 5.69 Å². The van der Waals surface area contributed by atoms with Crippen LogP contribution in [0.4, 0.5) is 0 Å². The number of aromatic amines is 1. The summed E-state index contributed by atoms with van der Waals surface area (Å²) < 4.78 is 5.71. The molecule has 1 atom stereocenters. The molecule has 6 nitrogen and oxygen atoms in total. The van der Waals surface area contributed by atoms with Crippen LogP contribution < -0.4 is 5.32 Å². The van der Waals surface area contributed by atoms with Crippen molar-refractivity contribution in [3.8, 4) is 11.6 Å². The highest BCUT2D eigenvalue weighted by Gasteiger charge is 2.28. The Labute approximate surface area is 169 Å². The molecule has 0 bridgehead atoms. The molecule has 1 fully saturated rings. The number of H-pyrrole nitrogens is 1. The molecule has 1 aliphatic heterocycles. The monoisotopic (exact) mass is 388 g/mol. The molecule has 0 aliphatic carbocycles. The van der Waals surface area contributed by atoms with Gasteiger partial charge in [-0.2, -0.15) is 0 Å². The number of hydrogen-bond acceptors (Lipinski definition) is 4. The van der Waals surface area contributed by atoms with Gasteiger partial charge in [0.1, 0.15) is 17.7 Å². The third-order valence-corrected chi connectivity index (χ3v) is 5.33. The van der Waals surface area contributed by atoms with Crippen LogP contribution in [0.1, 0.15) is 82.6 Å². The van der Waals surface area contributed by atoms with Crippen molar-refractivity contribution in [1.82, 2.24) is 20.2 Å². The van der Waals surface area contributed by atoms with E-state index in [1.54, 1.807) is 6.26 Å². The Hall–Kier alpha value is -2.08. The van der Waals surface area contributed by atoms with Crippen molar-refractivity contribution in [2.45, 2.75) is 66.8 Å². The largest absolute Gasteiger partial charge is 0.443 e. The van der Waals surface area contributed by atoms with Crippen molar-refractivity contribution >= 4 is 5.91 Å². The molecule has 1 saturated heterocycles. The quantitative estimate of drug-likeness (QED) is 0.783. The van der Waals surface area contributed by atoms with Crippen LogP contribution in [0.15, 0.2) is 16.7 Å². The summed E-state index contributed by atoms with van der Waals surface area (Å²) in [4.78, 5) is 23.0. The number of oxazole rings is 1. The molecule has 0 saturated carbocycles. The molecule has 156 valence electrons. The van der Waals surface area contributed by atoms with Gasteiger partial charge in [-0.05, 0) is 29.4 Å². The predicted molar refractivity (Wildman–Crippen MR) is 114 cm³/mol. The Morgan fingerprint density at radius 3 is 2.50 bits per heavy atom. The fourth-order valence-corrected chi connectivity index (χ4v) is 3.46. The minimum absolute atomic E-state index is 0. The summed E-state index contributed by atoms with van der Waals surface area (Å²) in [5.74, 6) is 1.66. The SMILES string of the molecule is C.CC(C)c1coc(-c2[nH]c(C(=O)N3CCN[C@@H](C(C)C)C3)cc2C(C)C)n1. The average molecular weight is 389 g/mol. The van der Waals surface area contributed by atoms with Crippen LogP contribution in [0.25, 0.3) is 11.6 Å². The van der Waals surface area contributed by atoms with E-state index >= 15 is 0 Å². The molecular weight excluding hydrogens is 352 g/mol. The van der Waals surface area contributed by atoms with Crippen LogP contribution >= 0.6 is 0 Å². The lowest BCUT2D eigenvalue weighted by atomic mass is 10.0. The van der Waals surface area contributed by atoms with Crippen LogP contribution in [0.5, 0.6) is 0 Å². The zero-order valence-electron chi connectivity index (χ0n) is 17.3. The number of piperazine rings is 1. The minimum atomic E-state index is 0. The Bertz CT molecular complexity index is 788. The Kier molecular flexibility index (Phi) is 7.10. The Morgan fingerprint density at radius 1 is 1.21 bits per heavy atom. The molecule has 3 heterocycles. The molecule has 2 N–H and O–H groups in total. The van der Waals surface area contributed by atoms with Crippen LogP contribution in [-0.2, 0) is 0 Å². The van der Waals surface area contributed by atoms with Crippen LogP contribution in [-0.4, -0.2) is 46.5 Å². The molecule has 0 unspecified atom stereocenters. The minimum Gasteiger partial charge on any atom is -0.443 e. The predicted octanol–water partition coefficient (Wildman–Crippen LogP) is 4.62. The van der Waals surface area contributed by atoms with Crippen molar-refractivity contribution in [1.29, 1.82) is 0 Å². The Balaban J connectivity index is 0.00000280. The van der Waals surface area contributed by atoms with Crippen LogP contribution in [0, 0.1) is 5.92 Å². The molecule has 3 rings (SSSR count). The maximum atomic E-state index is 13.1. The van der Waals surface area contributed by atoms with Gasteiger partial charge in [-0.15, -0.1) is 0 Å². The molecule has 0 spiro atoms. The fourth-order valence-electron chi connectivity index (χ4n) is 3.46. The highest BCUT2D eigenvalue weighted by Crippen LogP contribution is 2.31. The smallest absolute Gasteiger partial charge is 0.270 e. The lowest BCUT2D eigenvalue weighted by molar-refractivity contribution is 0.0678. The standard InChI is InChI=1S/C21H32N4O2.CH4/c1-12(2)15-9-16(21(26)25-8-7-22-17(10-25)13(3)4)23-19(15)20-24-18(11-27-20)14(5)6;/h9,11-14,17,22-23H,7-8,10H2,1-6H3;1H4/t17-;/m1./s1. The van der Waals surface area contributed by atoms with Gasteiger partial charge in [0.2, 0.25) is 5.89 Å². The van der Waals surface area contributed by atoms with Crippen molar-refractivity contribution in [2.75, 3.05) is 19.6 Å². The van der Waals surface area contributed by atoms with E-state index in [0.717, 1.165) is 36.6 Å². The number of carbonyl (C=O) groups excluding carboxylic acids is 1. The molecule has 1 aliphatic rings. The van der Waals surface area contributed by atoms with Crippen molar-refractivity contribution in [3.05, 3.63) is 29.3 Å². The maximum absolute atomic E-state index is 13.1. The number of rotatable bonds is 5. The molecule has 1 amide bonds. The van der Waals surface area contributed by atoms with E-state index in [0.29, 0.717) is 29.5 Å². The first-order valence-corrected chi connectivity index (χ1v) is 9.99. The number of nitrogens with one attached hydrogen (secondary N) is 2. The first-order chi connectivity index (χ1) is 12.8. The molecule has 28 heavy (non-hydrogen) atoms. The summed E-state index contributed by atoms with van der Waals surface area (Å²) in [5, 5.41) is 3.50. The molecular formula is C22H36N4O2. The van der Waals surface area contributed by atoms with E-state index in [9.17, 15) is 4.79 Å². The van der Waals surface area contributed by atoms with Crippen LogP contribution in [0.3, 0.4) is 0 Å². The second-order valence-corrected chi connectivity index (χ2v) is 8.46. The highest BCUT2D eigenvalue weighted by molar-refractivity contribution is 5.94. The summed E-state index contributed by atoms with van der Waals surface area (Å²) in [6.07, 6.45) is 1.70. The van der Waals surface area contributed by atoms with Gasteiger partial charge < -0.3 is 19.6 Å². The summed E-state index contributed by atoms with van der Waals surface area (Å²) >= 11 is 0. The summed E-state index contributed by atoms with van der Waals surface area (Å²) in [6, 6.07) is 2.30. The highest BCUT2D eigenvalue weighted by atomic mass is 16.3. The summed E-state index contributed by atoms with van der Waals surface area (Å²) in [6.45, 7) is 15.1. The van der Waals surface area contributed by atoms with E-state index in [-0.39, 0.29) is 19.3 Å². The average Bonchev–Trinajstić information content (AvgIpc) is 3.28. The van der Waals surface area contributed by atoms with Crippen molar-refractivity contribution < 1.29 is 9.21 Å². The second-order valence-electron chi connectivity index (χ2n) is 8.46. The topological polar surface area (TPSA) is 74.2 Å². The molecule has 2 aromatic rings. The first-order valence-electron chi connectivity index (χ1n) is 9.99. The van der Waals surface area contributed by atoms with E-state index in [2.05, 4.69) is 56.8 Å². The van der Waals surface area contributed by atoms with Gasteiger partial charge in [0.25, 0.3) is 5.91 Å². The number of amides is 1. The van der Waals surface area contributed by atoms with Crippen molar-refractivity contribution in [3.63, 3.8) is 0 Å². The van der Waals surface area contributed by atoms with E-state index in [1.165, 1.54) is 0 Å². The number of aromatic nitrogens is 2. The second kappa shape index (κ2) is 8.95. The summed E-state index contributed by atoms with van der Waals surface area (Å²) in [7, 11) is 0. The van der Waals surface area contributed by atoms with Gasteiger partial charge in [-0.3, -0.25) is 4.79 Å². The Morgan fingerprint density at radius 2 is 1.93 bits per heavy atom. The molecule has 2 aromatic heterocycles. The number of carbonyl (C=O) groups is 1. The molecule has 6 heteroatoms. The lowest BCUT2D eigenvalue weighted by Gasteiger charge is -2.35. The van der Waals surface area contributed by atoms with Gasteiger partial charge in [0, 0.05) is 25.7 Å². The maximum Gasteiger partial charge on any atom is 0.270 e. The zero-order chi connectivity index (χ0) is 19.7. The van der Waals surface area contributed by atoms with Gasteiger partial charge >= 0.3 is 0 Å². The first kappa shape index (κ1) is 22.2. The van der Waals surface area contributed by atoms with Gasteiger partial charge in [-0.25, -0.2) is 4.98 Å². The third-order valence-electron chi connectivity index (χ3n) is 5.33. The number of nitrogens with zero attached hydrogens (tertiary/aromatic N) is 2. The van der Waals surface area contributed by atoms with Gasteiger partial charge in [-0.1, -0.05) is 49.0 Å². The van der Waals surface area contributed by atoms with E-state index in [4.69, 9.17) is 4.42 Å². The fraction of sp³-hybridized carbons (Fsp3) is 0.636. The van der Waals surface area contributed by atoms with Gasteiger partial charge in [0.15, 0.2) is 0 Å². The third kappa shape index (κ3) is 4.49. The summed E-state index contributed by atoms with van der Waals surface area (Å²) in [5.41, 5.74) is 3.41. The molecule has 0 aromatic carbocycles. The normalized spacial score (nSPS) is 17.5. The zero-order valence-corrected chi connectivity index (χ0v) is 17.3. The molecule has 0 radical (unpaired) electrons.